The molecule has 1 fully saturated rings. The maximum atomic E-state index is 11.5. The summed E-state index contributed by atoms with van der Waals surface area (Å²) in [5.41, 5.74) is 0. The number of aliphatic carboxylic acids is 2. The maximum Gasteiger partial charge on any atom is 0.326 e. The second-order valence-corrected chi connectivity index (χ2v) is 4.77. The van der Waals surface area contributed by atoms with E-state index >= 15 is 0 Å². The topological polar surface area (TPSA) is 94.9 Å². The van der Waals surface area contributed by atoms with E-state index in [0.717, 1.165) is 0 Å². The Morgan fingerprint density at radius 3 is 2.53 bits per heavy atom. The highest BCUT2D eigenvalue weighted by Crippen LogP contribution is 2.21. The molecule has 0 spiro atoms. The van der Waals surface area contributed by atoms with Gasteiger partial charge in [0.25, 0.3) is 0 Å². The highest BCUT2D eigenvalue weighted by Gasteiger charge is 2.35. The Labute approximate surface area is 104 Å². The number of rotatable bonds is 6. The largest absolute Gasteiger partial charge is 0.481 e. The molecular formula is C10H15NO5S. The van der Waals surface area contributed by atoms with Gasteiger partial charge in [0.15, 0.2) is 0 Å². The van der Waals surface area contributed by atoms with E-state index in [-0.39, 0.29) is 36.8 Å². The summed E-state index contributed by atoms with van der Waals surface area (Å²) in [6.07, 6.45) is 0.559. The van der Waals surface area contributed by atoms with Gasteiger partial charge in [0, 0.05) is 24.6 Å². The summed E-state index contributed by atoms with van der Waals surface area (Å²) in [6, 6.07) is -0.931. The normalized spacial score (nSPS) is 21.6. The first-order valence-electron chi connectivity index (χ1n) is 5.34. The zero-order valence-corrected chi connectivity index (χ0v) is 10.1. The molecule has 96 valence electrons. The lowest BCUT2D eigenvalue weighted by atomic mass is 10.1. The summed E-state index contributed by atoms with van der Waals surface area (Å²) in [7, 11) is 0. The van der Waals surface area contributed by atoms with Crippen molar-refractivity contribution in [1.82, 2.24) is 4.90 Å². The van der Waals surface area contributed by atoms with E-state index in [1.54, 1.807) is 0 Å². The summed E-state index contributed by atoms with van der Waals surface area (Å²) in [6.45, 7) is 0.311. The van der Waals surface area contributed by atoms with Crippen molar-refractivity contribution in [2.24, 2.45) is 0 Å². The van der Waals surface area contributed by atoms with Gasteiger partial charge in [-0.25, -0.2) is 4.79 Å². The van der Waals surface area contributed by atoms with E-state index in [0.29, 0.717) is 6.54 Å². The molecule has 0 aromatic rings. The number of carboxylic acid groups (broad SMARTS) is 2. The lowest BCUT2D eigenvalue weighted by Crippen LogP contribution is -2.42. The second kappa shape index (κ2) is 5.90. The summed E-state index contributed by atoms with van der Waals surface area (Å²) in [4.78, 5) is 34.2. The van der Waals surface area contributed by atoms with Crippen LogP contribution in [-0.2, 0) is 14.4 Å². The SMILES string of the molecule is O=C(O)CCCC(C(=O)O)N1CC(S)CC1=O. The Kier molecular flexibility index (Phi) is 4.80. The smallest absolute Gasteiger partial charge is 0.326 e. The molecule has 0 aromatic carbocycles. The fourth-order valence-electron chi connectivity index (χ4n) is 1.87. The number of carbonyl (C=O) groups is 3. The van der Waals surface area contributed by atoms with E-state index in [2.05, 4.69) is 12.6 Å². The third-order valence-corrected chi connectivity index (χ3v) is 3.01. The van der Waals surface area contributed by atoms with Gasteiger partial charge in [0.2, 0.25) is 5.91 Å². The quantitative estimate of drug-likeness (QED) is 0.595. The van der Waals surface area contributed by atoms with E-state index in [1.807, 2.05) is 0 Å². The summed E-state index contributed by atoms with van der Waals surface area (Å²) < 4.78 is 0. The van der Waals surface area contributed by atoms with Gasteiger partial charge < -0.3 is 15.1 Å². The van der Waals surface area contributed by atoms with Crippen LogP contribution in [0.2, 0.25) is 0 Å². The van der Waals surface area contributed by atoms with Gasteiger partial charge in [-0.3, -0.25) is 9.59 Å². The first-order chi connectivity index (χ1) is 7.91. The molecule has 1 aliphatic heterocycles. The minimum Gasteiger partial charge on any atom is -0.481 e. The molecule has 1 rings (SSSR count). The van der Waals surface area contributed by atoms with Crippen LogP contribution in [0.5, 0.6) is 0 Å². The van der Waals surface area contributed by atoms with Gasteiger partial charge in [-0.2, -0.15) is 12.6 Å². The van der Waals surface area contributed by atoms with Crippen LogP contribution in [0.4, 0.5) is 0 Å². The van der Waals surface area contributed by atoms with Gasteiger partial charge >= 0.3 is 11.9 Å². The molecule has 1 aliphatic rings. The van der Waals surface area contributed by atoms with Crippen molar-refractivity contribution >= 4 is 30.5 Å². The Bertz CT molecular complexity index is 333. The highest BCUT2D eigenvalue weighted by atomic mass is 32.1. The van der Waals surface area contributed by atoms with Crippen LogP contribution in [0.15, 0.2) is 0 Å². The molecule has 0 aliphatic carbocycles. The second-order valence-electron chi connectivity index (χ2n) is 4.04. The molecule has 2 unspecified atom stereocenters. The van der Waals surface area contributed by atoms with Crippen molar-refractivity contribution in [3.8, 4) is 0 Å². The third kappa shape index (κ3) is 3.92. The van der Waals surface area contributed by atoms with Crippen molar-refractivity contribution in [2.75, 3.05) is 6.54 Å². The number of carboxylic acids is 2. The highest BCUT2D eigenvalue weighted by molar-refractivity contribution is 7.81. The van der Waals surface area contributed by atoms with Crippen LogP contribution >= 0.6 is 12.6 Å². The fraction of sp³-hybridized carbons (Fsp3) is 0.700. The van der Waals surface area contributed by atoms with Crippen molar-refractivity contribution in [3.63, 3.8) is 0 Å². The number of amides is 1. The first-order valence-corrected chi connectivity index (χ1v) is 5.85. The number of hydrogen-bond donors (Lipinski definition) is 3. The molecule has 6 nitrogen and oxygen atoms in total. The third-order valence-electron chi connectivity index (χ3n) is 2.67. The molecule has 7 heteroatoms. The molecular weight excluding hydrogens is 246 g/mol. The molecule has 0 aromatic heterocycles. The Morgan fingerprint density at radius 1 is 1.47 bits per heavy atom. The predicted molar refractivity (Wildman–Crippen MR) is 62.0 cm³/mol. The average Bonchev–Trinajstić information content (AvgIpc) is 2.51. The Balaban J connectivity index is 2.57. The fourth-order valence-corrected chi connectivity index (χ4v) is 2.20. The Morgan fingerprint density at radius 2 is 2.12 bits per heavy atom. The first kappa shape index (κ1) is 13.8. The summed E-state index contributed by atoms with van der Waals surface area (Å²) in [5, 5.41) is 17.4. The van der Waals surface area contributed by atoms with Crippen molar-refractivity contribution in [3.05, 3.63) is 0 Å². The van der Waals surface area contributed by atoms with E-state index in [4.69, 9.17) is 10.2 Å². The van der Waals surface area contributed by atoms with E-state index in [1.165, 1.54) is 4.90 Å². The number of thiol groups is 1. The molecule has 0 saturated carbocycles. The number of hydrogen-bond acceptors (Lipinski definition) is 4. The summed E-state index contributed by atoms with van der Waals surface area (Å²) in [5.74, 6) is -2.28. The minimum atomic E-state index is -1.09. The number of carbonyl (C=O) groups excluding carboxylic acids is 1. The van der Waals surface area contributed by atoms with Crippen molar-refractivity contribution in [2.45, 2.75) is 37.0 Å². The molecule has 1 saturated heterocycles. The van der Waals surface area contributed by atoms with Crippen LogP contribution < -0.4 is 0 Å². The maximum absolute atomic E-state index is 11.5. The lowest BCUT2D eigenvalue weighted by Gasteiger charge is -2.24. The Hall–Kier alpha value is -1.24. The zero-order chi connectivity index (χ0) is 13.0. The molecule has 2 atom stereocenters. The lowest BCUT2D eigenvalue weighted by molar-refractivity contribution is -0.149. The van der Waals surface area contributed by atoms with Gasteiger partial charge in [0.05, 0.1) is 0 Å². The number of likely N-dealkylation sites (tertiary alicyclic amines) is 1. The standard InChI is InChI=1S/C10H15NO5S/c12-8-4-6(17)5-11(8)7(10(15)16)2-1-3-9(13)14/h6-7,17H,1-5H2,(H,13,14)(H,15,16). The monoisotopic (exact) mass is 261 g/mol. The van der Waals surface area contributed by atoms with Gasteiger partial charge in [-0.15, -0.1) is 0 Å². The van der Waals surface area contributed by atoms with E-state index < -0.39 is 18.0 Å². The van der Waals surface area contributed by atoms with Crippen LogP contribution in [-0.4, -0.2) is 50.8 Å². The zero-order valence-electron chi connectivity index (χ0n) is 9.20. The average molecular weight is 261 g/mol. The van der Waals surface area contributed by atoms with Gasteiger partial charge in [-0.1, -0.05) is 0 Å². The minimum absolute atomic E-state index is 0.0872. The van der Waals surface area contributed by atoms with Crippen LogP contribution in [0.3, 0.4) is 0 Å². The molecule has 0 radical (unpaired) electrons. The van der Waals surface area contributed by atoms with Crippen LogP contribution in [0, 0.1) is 0 Å². The van der Waals surface area contributed by atoms with E-state index in [9.17, 15) is 14.4 Å². The summed E-state index contributed by atoms with van der Waals surface area (Å²) >= 11 is 4.15. The number of nitrogens with zero attached hydrogens (tertiary/aromatic N) is 1. The van der Waals surface area contributed by atoms with Crippen molar-refractivity contribution < 1.29 is 24.6 Å². The predicted octanol–water partition coefficient (Wildman–Crippen LogP) is 0.225. The molecule has 1 heterocycles. The molecule has 2 N–H and O–H groups in total. The molecule has 0 bridgehead atoms. The van der Waals surface area contributed by atoms with Crippen LogP contribution in [0.25, 0.3) is 0 Å². The molecule has 17 heavy (non-hydrogen) atoms. The van der Waals surface area contributed by atoms with Gasteiger partial charge in [-0.05, 0) is 12.8 Å². The van der Waals surface area contributed by atoms with Gasteiger partial charge in [0.1, 0.15) is 6.04 Å². The van der Waals surface area contributed by atoms with Crippen molar-refractivity contribution in [1.29, 1.82) is 0 Å². The molecule has 1 amide bonds. The van der Waals surface area contributed by atoms with Crippen LogP contribution in [0.1, 0.15) is 25.7 Å².